The van der Waals surface area contributed by atoms with Crippen LogP contribution >= 0.6 is 0 Å². The van der Waals surface area contributed by atoms with Gasteiger partial charge in [-0.3, -0.25) is 4.79 Å². The molecule has 0 aromatic rings. The maximum Gasteiger partial charge on any atom is 0.227 e. The monoisotopic (exact) mass is 173 g/mol. The molecule has 0 spiro atoms. The number of carbonyl (C=O) groups is 1. The Kier molecular flexibility index (Phi) is 3.49. The second kappa shape index (κ2) is 4.42. The van der Waals surface area contributed by atoms with Gasteiger partial charge in [-0.2, -0.15) is 0 Å². The lowest BCUT2D eigenvalue weighted by Gasteiger charge is -2.18. The molecule has 70 valence electrons. The first kappa shape index (κ1) is 9.48. The van der Waals surface area contributed by atoms with Crippen molar-refractivity contribution in [1.82, 2.24) is 4.90 Å². The van der Waals surface area contributed by atoms with E-state index in [1.165, 1.54) is 0 Å². The predicted molar refractivity (Wildman–Crippen MR) is 43.6 cm³/mol. The van der Waals surface area contributed by atoms with Crippen LogP contribution in [0.3, 0.4) is 0 Å². The van der Waals surface area contributed by atoms with E-state index < -0.39 is 0 Å². The molecule has 0 bridgehead atoms. The second-order valence-corrected chi connectivity index (χ2v) is 3.04. The third-order valence-corrected chi connectivity index (χ3v) is 2.09. The van der Waals surface area contributed by atoms with Crippen LogP contribution in [0.5, 0.6) is 0 Å². The van der Waals surface area contributed by atoms with Crippen LogP contribution in [-0.2, 0) is 9.53 Å². The van der Waals surface area contributed by atoms with Crippen molar-refractivity contribution in [2.24, 2.45) is 5.92 Å². The highest BCUT2D eigenvalue weighted by Crippen LogP contribution is 2.14. The molecular weight excluding hydrogens is 158 g/mol. The molecular formula is C8H15NO3. The molecule has 1 atom stereocenters. The Hall–Kier alpha value is -0.610. The van der Waals surface area contributed by atoms with E-state index >= 15 is 0 Å². The van der Waals surface area contributed by atoms with E-state index in [2.05, 4.69) is 0 Å². The van der Waals surface area contributed by atoms with E-state index in [1.807, 2.05) is 0 Å². The highest BCUT2D eigenvalue weighted by atomic mass is 16.5. The van der Waals surface area contributed by atoms with E-state index in [9.17, 15) is 4.79 Å². The van der Waals surface area contributed by atoms with Crippen molar-refractivity contribution in [3.05, 3.63) is 0 Å². The average molecular weight is 173 g/mol. The highest BCUT2D eigenvalue weighted by molar-refractivity contribution is 5.78. The van der Waals surface area contributed by atoms with Crippen molar-refractivity contribution in [3.63, 3.8) is 0 Å². The van der Waals surface area contributed by atoms with E-state index in [-0.39, 0.29) is 18.4 Å². The predicted octanol–water partition coefficient (Wildman–Crippen LogP) is -0.526. The molecule has 12 heavy (non-hydrogen) atoms. The summed E-state index contributed by atoms with van der Waals surface area (Å²) >= 11 is 0. The zero-order chi connectivity index (χ0) is 8.97. The summed E-state index contributed by atoms with van der Waals surface area (Å²) in [4.78, 5) is 13.0. The topological polar surface area (TPSA) is 49.8 Å². The number of hydrogen-bond acceptors (Lipinski definition) is 3. The van der Waals surface area contributed by atoms with Gasteiger partial charge in [0.1, 0.15) is 0 Å². The number of hydrogen-bond donors (Lipinski definition) is 1. The molecule has 1 N–H and O–H groups in total. The molecule has 0 aromatic carbocycles. The summed E-state index contributed by atoms with van der Waals surface area (Å²) in [5, 5.41) is 8.60. The molecule has 1 aliphatic heterocycles. The number of aliphatic hydroxyl groups excluding tert-OH is 1. The molecule has 0 aliphatic carbocycles. The van der Waals surface area contributed by atoms with Gasteiger partial charge >= 0.3 is 0 Å². The molecule has 1 amide bonds. The Morgan fingerprint density at radius 3 is 3.00 bits per heavy atom. The van der Waals surface area contributed by atoms with Gasteiger partial charge in [0, 0.05) is 20.2 Å². The smallest absolute Gasteiger partial charge is 0.227 e. The van der Waals surface area contributed by atoms with Crippen LogP contribution in [0.1, 0.15) is 6.42 Å². The van der Waals surface area contributed by atoms with Crippen molar-refractivity contribution in [2.45, 2.75) is 6.42 Å². The van der Waals surface area contributed by atoms with Gasteiger partial charge in [0.2, 0.25) is 5.91 Å². The molecule has 1 saturated heterocycles. The van der Waals surface area contributed by atoms with Crippen LogP contribution in [0.4, 0.5) is 0 Å². The molecule has 1 heterocycles. The number of ether oxygens (including phenoxy) is 1. The van der Waals surface area contributed by atoms with Crippen LogP contribution in [0.2, 0.25) is 0 Å². The molecule has 0 aromatic heterocycles. The number of rotatable bonds is 3. The largest absolute Gasteiger partial charge is 0.395 e. The van der Waals surface area contributed by atoms with Gasteiger partial charge in [-0.1, -0.05) is 0 Å². The SMILES string of the molecule is CN(CCO)C(=O)C1CCOC1. The van der Waals surface area contributed by atoms with Gasteiger partial charge in [0.15, 0.2) is 0 Å². The molecule has 1 aliphatic rings. The Balaban J connectivity index is 2.34. The molecule has 0 radical (unpaired) electrons. The van der Waals surface area contributed by atoms with Crippen LogP contribution in [0, 0.1) is 5.92 Å². The maximum absolute atomic E-state index is 11.5. The van der Waals surface area contributed by atoms with Gasteiger partial charge in [-0.25, -0.2) is 0 Å². The van der Waals surface area contributed by atoms with Crippen molar-refractivity contribution >= 4 is 5.91 Å². The van der Waals surface area contributed by atoms with E-state index in [0.717, 1.165) is 6.42 Å². The molecule has 1 unspecified atom stereocenters. The zero-order valence-corrected chi connectivity index (χ0v) is 7.32. The standard InChI is InChI=1S/C8H15NO3/c1-9(3-4-10)8(11)7-2-5-12-6-7/h7,10H,2-6H2,1H3. The third-order valence-electron chi connectivity index (χ3n) is 2.09. The molecule has 4 nitrogen and oxygen atoms in total. The van der Waals surface area contributed by atoms with Crippen LogP contribution in [0.25, 0.3) is 0 Å². The van der Waals surface area contributed by atoms with E-state index in [1.54, 1.807) is 11.9 Å². The number of carbonyl (C=O) groups excluding carboxylic acids is 1. The lowest BCUT2D eigenvalue weighted by atomic mass is 10.1. The fourth-order valence-electron chi connectivity index (χ4n) is 1.30. The lowest BCUT2D eigenvalue weighted by Crippen LogP contribution is -2.35. The summed E-state index contributed by atoms with van der Waals surface area (Å²) in [6.45, 7) is 1.66. The second-order valence-electron chi connectivity index (χ2n) is 3.04. The number of aliphatic hydroxyl groups is 1. The Bertz CT molecular complexity index is 154. The zero-order valence-electron chi connectivity index (χ0n) is 7.32. The normalized spacial score (nSPS) is 22.7. The summed E-state index contributed by atoms with van der Waals surface area (Å²) in [6.07, 6.45) is 0.814. The minimum Gasteiger partial charge on any atom is -0.395 e. The first-order valence-corrected chi connectivity index (χ1v) is 4.19. The Labute approximate surface area is 72.1 Å². The van der Waals surface area contributed by atoms with Crippen molar-refractivity contribution in [1.29, 1.82) is 0 Å². The summed E-state index contributed by atoms with van der Waals surface area (Å²) in [7, 11) is 1.71. The van der Waals surface area contributed by atoms with Crippen molar-refractivity contribution in [3.8, 4) is 0 Å². The van der Waals surface area contributed by atoms with E-state index in [4.69, 9.17) is 9.84 Å². The number of amides is 1. The van der Waals surface area contributed by atoms with Gasteiger partial charge in [0.05, 0.1) is 19.1 Å². The van der Waals surface area contributed by atoms with E-state index in [0.29, 0.717) is 19.8 Å². The average Bonchev–Trinajstić information content (AvgIpc) is 2.55. The van der Waals surface area contributed by atoms with Gasteiger partial charge in [0.25, 0.3) is 0 Å². The van der Waals surface area contributed by atoms with Crippen LogP contribution in [-0.4, -0.2) is 49.3 Å². The minimum absolute atomic E-state index is 0.0153. The van der Waals surface area contributed by atoms with Gasteiger partial charge in [-0.15, -0.1) is 0 Å². The first-order valence-electron chi connectivity index (χ1n) is 4.19. The molecule has 1 rings (SSSR count). The maximum atomic E-state index is 11.5. The van der Waals surface area contributed by atoms with Crippen molar-refractivity contribution < 1.29 is 14.6 Å². The molecule has 0 saturated carbocycles. The summed E-state index contributed by atoms with van der Waals surface area (Å²) in [5.74, 6) is 0.100. The first-order chi connectivity index (χ1) is 5.75. The summed E-state index contributed by atoms with van der Waals surface area (Å²) in [6, 6.07) is 0. The minimum atomic E-state index is 0.0153. The number of nitrogens with zero attached hydrogens (tertiary/aromatic N) is 1. The highest BCUT2D eigenvalue weighted by Gasteiger charge is 2.25. The molecule has 4 heteroatoms. The quantitative estimate of drug-likeness (QED) is 0.624. The van der Waals surface area contributed by atoms with Crippen LogP contribution in [0.15, 0.2) is 0 Å². The fraction of sp³-hybridized carbons (Fsp3) is 0.875. The Morgan fingerprint density at radius 1 is 1.75 bits per heavy atom. The summed E-state index contributed by atoms with van der Waals surface area (Å²) in [5.41, 5.74) is 0. The number of likely N-dealkylation sites (N-methyl/N-ethyl adjacent to an activating group) is 1. The fourth-order valence-corrected chi connectivity index (χ4v) is 1.30. The van der Waals surface area contributed by atoms with Gasteiger partial charge < -0.3 is 14.7 Å². The summed E-state index contributed by atoms with van der Waals surface area (Å²) < 4.78 is 5.10. The van der Waals surface area contributed by atoms with Crippen molar-refractivity contribution in [2.75, 3.05) is 33.4 Å². The lowest BCUT2D eigenvalue weighted by molar-refractivity contribution is -0.134. The Morgan fingerprint density at radius 2 is 2.50 bits per heavy atom. The van der Waals surface area contributed by atoms with Crippen LogP contribution < -0.4 is 0 Å². The molecule has 1 fully saturated rings. The third kappa shape index (κ3) is 2.19. The van der Waals surface area contributed by atoms with Gasteiger partial charge in [-0.05, 0) is 6.42 Å².